The molecule has 152 valence electrons. The molecule has 10 heteroatoms. The number of thiazole rings is 1. The first-order valence-electron chi connectivity index (χ1n) is 8.90. The summed E-state index contributed by atoms with van der Waals surface area (Å²) in [5, 5.41) is 14.0. The van der Waals surface area contributed by atoms with E-state index in [4.69, 9.17) is 4.74 Å². The minimum Gasteiger partial charge on any atom is -0.483 e. The van der Waals surface area contributed by atoms with Crippen LogP contribution in [0.4, 0.5) is 9.52 Å². The number of anilines is 1. The fourth-order valence-corrected chi connectivity index (χ4v) is 3.91. The summed E-state index contributed by atoms with van der Waals surface area (Å²) in [6.07, 6.45) is 1.63. The maximum atomic E-state index is 13.9. The summed E-state index contributed by atoms with van der Waals surface area (Å²) in [6.45, 7) is 0.0225. The lowest BCUT2D eigenvalue weighted by atomic mass is 10.3. The number of thioether (sulfide) groups is 1. The van der Waals surface area contributed by atoms with E-state index in [1.54, 1.807) is 34.3 Å². The Labute approximate surface area is 179 Å². The molecule has 0 fully saturated rings. The molecule has 0 aliphatic rings. The van der Waals surface area contributed by atoms with Crippen molar-refractivity contribution in [1.82, 2.24) is 19.7 Å². The average Bonchev–Trinajstić information content (AvgIpc) is 3.42. The zero-order valence-electron chi connectivity index (χ0n) is 15.6. The normalized spacial score (nSPS) is 10.7. The van der Waals surface area contributed by atoms with E-state index in [0.717, 1.165) is 5.69 Å². The Kier molecular flexibility index (Phi) is 6.35. The lowest BCUT2D eigenvalue weighted by Gasteiger charge is -2.11. The maximum Gasteiger partial charge on any atom is 0.236 e. The molecule has 0 saturated heterocycles. The van der Waals surface area contributed by atoms with Crippen molar-refractivity contribution in [2.45, 2.75) is 11.8 Å². The molecule has 2 aromatic carbocycles. The third-order valence-corrected chi connectivity index (χ3v) is 5.54. The number of rotatable bonds is 8. The number of carbonyl (C=O) groups is 1. The molecule has 30 heavy (non-hydrogen) atoms. The van der Waals surface area contributed by atoms with Crippen molar-refractivity contribution >= 4 is 34.1 Å². The Bertz CT molecular complexity index is 1120. The number of aromatic nitrogens is 4. The third kappa shape index (κ3) is 4.84. The van der Waals surface area contributed by atoms with Gasteiger partial charge < -0.3 is 10.1 Å². The van der Waals surface area contributed by atoms with Crippen LogP contribution in [0, 0.1) is 5.82 Å². The van der Waals surface area contributed by atoms with Gasteiger partial charge in [-0.3, -0.25) is 9.36 Å². The Morgan fingerprint density at radius 2 is 1.93 bits per heavy atom. The van der Waals surface area contributed by atoms with Gasteiger partial charge in [0.05, 0.1) is 5.75 Å². The lowest BCUT2D eigenvalue weighted by Crippen LogP contribution is -2.14. The predicted molar refractivity (Wildman–Crippen MR) is 114 cm³/mol. The number of nitrogens with zero attached hydrogens (tertiary/aromatic N) is 4. The highest BCUT2D eigenvalue weighted by molar-refractivity contribution is 7.99. The largest absolute Gasteiger partial charge is 0.483 e. The minimum absolute atomic E-state index is 0.0225. The molecular formula is C20H16FN5O2S2. The first-order valence-corrected chi connectivity index (χ1v) is 10.8. The number of benzene rings is 2. The molecule has 2 aromatic heterocycles. The van der Waals surface area contributed by atoms with Gasteiger partial charge in [0, 0.05) is 17.3 Å². The molecule has 0 atom stereocenters. The highest BCUT2D eigenvalue weighted by Crippen LogP contribution is 2.24. The number of ether oxygens (including phenoxy) is 1. The van der Waals surface area contributed by atoms with E-state index in [0.29, 0.717) is 16.1 Å². The van der Waals surface area contributed by atoms with Gasteiger partial charge in [-0.05, 0) is 24.3 Å². The summed E-state index contributed by atoms with van der Waals surface area (Å²) in [5.41, 5.74) is 0.817. The molecule has 0 unspecified atom stereocenters. The number of hydrogen-bond acceptors (Lipinski definition) is 7. The van der Waals surface area contributed by atoms with Crippen LogP contribution in [-0.2, 0) is 11.4 Å². The Morgan fingerprint density at radius 3 is 2.70 bits per heavy atom. The minimum atomic E-state index is -0.447. The Hall–Kier alpha value is -3.24. The van der Waals surface area contributed by atoms with Crippen molar-refractivity contribution in [3.8, 4) is 11.4 Å². The summed E-state index contributed by atoms with van der Waals surface area (Å²) in [5.74, 6) is 0.126. The fraction of sp³-hybridized carbons (Fsp3) is 0.100. The molecule has 2 heterocycles. The van der Waals surface area contributed by atoms with E-state index < -0.39 is 5.82 Å². The molecule has 0 aliphatic carbocycles. The maximum absolute atomic E-state index is 13.9. The highest BCUT2D eigenvalue weighted by atomic mass is 32.2. The second-order valence-electron chi connectivity index (χ2n) is 5.96. The van der Waals surface area contributed by atoms with Crippen LogP contribution in [0.1, 0.15) is 5.82 Å². The van der Waals surface area contributed by atoms with E-state index in [9.17, 15) is 9.18 Å². The van der Waals surface area contributed by atoms with Gasteiger partial charge in [0.15, 0.2) is 27.7 Å². The second kappa shape index (κ2) is 9.51. The number of halogens is 1. The molecule has 4 aromatic rings. The molecule has 7 nitrogen and oxygen atoms in total. The van der Waals surface area contributed by atoms with Crippen LogP contribution in [0.2, 0.25) is 0 Å². The van der Waals surface area contributed by atoms with Gasteiger partial charge in [-0.2, -0.15) is 0 Å². The lowest BCUT2D eigenvalue weighted by molar-refractivity contribution is -0.113. The van der Waals surface area contributed by atoms with Crippen molar-refractivity contribution in [2.24, 2.45) is 0 Å². The molecule has 0 aliphatic heterocycles. The topological polar surface area (TPSA) is 81.9 Å². The smallest absolute Gasteiger partial charge is 0.236 e. The van der Waals surface area contributed by atoms with Crippen molar-refractivity contribution < 1.29 is 13.9 Å². The van der Waals surface area contributed by atoms with Crippen LogP contribution in [0.15, 0.2) is 71.3 Å². The summed E-state index contributed by atoms with van der Waals surface area (Å²) >= 11 is 2.59. The van der Waals surface area contributed by atoms with Gasteiger partial charge in [-0.25, -0.2) is 9.37 Å². The summed E-state index contributed by atoms with van der Waals surface area (Å²) < 4.78 is 21.3. The van der Waals surface area contributed by atoms with E-state index in [2.05, 4.69) is 20.5 Å². The monoisotopic (exact) mass is 441 g/mol. The van der Waals surface area contributed by atoms with Gasteiger partial charge in [0.25, 0.3) is 0 Å². The van der Waals surface area contributed by atoms with Crippen molar-refractivity contribution in [1.29, 1.82) is 0 Å². The first-order chi connectivity index (χ1) is 14.7. The zero-order valence-corrected chi connectivity index (χ0v) is 17.2. The number of para-hydroxylation sites is 2. The van der Waals surface area contributed by atoms with Crippen molar-refractivity contribution in [3.63, 3.8) is 0 Å². The van der Waals surface area contributed by atoms with Crippen LogP contribution >= 0.6 is 23.1 Å². The van der Waals surface area contributed by atoms with Crippen molar-refractivity contribution in [3.05, 3.63) is 77.8 Å². The highest BCUT2D eigenvalue weighted by Gasteiger charge is 2.17. The van der Waals surface area contributed by atoms with Gasteiger partial charge in [0.1, 0.15) is 6.61 Å². The molecule has 4 rings (SSSR count). The standard InChI is InChI=1S/C20H16FN5O2S2/c21-15-8-4-5-9-16(15)28-12-17-24-25-20(26(17)14-6-2-1-3-7-14)30-13-18(27)23-19-22-10-11-29-19/h1-11H,12-13H2,(H,22,23,27). The van der Waals surface area contributed by atoms with Gasteiger partial charge >= 0.3 is 0 Å². The molecule has 0 spiro atoms. The number of amides is 1. The van der Waals surface area contributed by atoms with Gasteiger partial charge in [0.2, 0.25) is 5.91 Å². The molecule has 1 N–H and O–H groups in total. The Balaban J connectivity index is 1.52. The molecular weight excluding hydrogens is 425 g/mol. The Morgan fingerprint density at radius 1 is 1.13 bits per heavy atom. The van der Waals surface area contributed by atoms with Gasteiger partial charge in [-0.1, -0.05) is 42.1 Å². The average molecular weight is 442 g/mol. The van der Waals surface area contributed by atoms with E-state index in [1.807, 2.05) is 30.3 Å². The quantitative estimate of drug-likeness (QED) is 0.413. The summed E-state index contributed by atoms with van der Waals surface area (Å²) in [7, 11) is 0. The van der Waals surface area contributed by atoms with Crippen LogP contribution in [0.25, 0.3) is 5.69 Å². The van der Waals surface area contributed by atoms with E-state index in [1.165, 1.54) is 29.2 Å². The molecule has 0 radical (unpaired) electrons. The van der Waals surface area contributed by atoms with Crippen LogP contribution in [-0.4, -0.2) is 31.4 Å². The van der Waals surface area contributed by atoms with Crippen LogP contribution in [0.5, 0.6) is 5.75 Å². The fourth-order valence-electron chi connectivity index (χ4n) is 2.60. The third-order valence-electron chi connectivity index (χ3n) is 3.92. The molecule has 0 bridgehead atoms. The van der Waals surface area contributed by atoms with Crippen LogP contribution in [0.3, 0.4) is 0 Å². The molecule has 0 saturated carbocycles. The predicted octanol–water partition coefficient (Wildman–Crippen LogP) is 4.17. The number of hydrogen-bond donors (Lipinski definition) is 1. The van der Waals surface area contributed by atoms with Gasteiger partial charge in [-0.15, -0.1) is 21.5 Å². The molecule has 1 amide bonds. The van der Waals surface area contributed by atoms with E-state index >= 15 is 0 Å². The van der Waals surface area contributed by atoms with Crippen LogP contribution < -0.4 is 10.1 Å². The zero-order chi connectivity index (χ0) is 20.8. The second-order valence-corrected chi connectivity index (χ2v) is 7.80. The summed E-state index contributed by atoms with van der Waals surface area (Å²) in [6, 6.07) is 15.7. The number of carbonyl (C=O) groups excluding carboxylic acids is 1. The van der Waals surface area contributed by atoms with E-state index in [-0.39, 0.29) is 24.0 Å². The summed E-state index contributed by atoms with van der Waals surface area (Å²) in [4.78, 5) is 16.2. The number of nitrogens with one attached hydrogen (secondary N) is 1. The van der Waals surface area contributed by atoms with Crippen molar-refractivity contribution in [2.75, 3.05) is 11.1 Å². The SMILES string of the molecule is O=C(CSc1nnc(COc2ccccc2F)n1-c1ccccc1)Nc1nccs1. The first kappa shape index (κ1) is 20.0.